The summed E-state index contributed by atoms with van der Waals surface area (Å²) >= 11 is 1.57. The lowest BCUT2D eigenvalue weighted by Crippen LogP contribution is -2.31. The molecule has 114 valence electrons. The Morgan fingerprint density at radius 1 is 1.32 bits per heavy atom. The minimum atomic E-state index is 0.0620. The van der Waals surface area contributed by atoms with Crippen LogP contribution < -0.4 is 9.80 Å². The van der Waals surface area contributed by atoms with Crippen molar-refractivity contribution >= 4 is 28.1 Å². The molecule has 4 rings (SSSR count). The molecule has 2 saturated heterocycles. The molecular weight excluding hydrogens is 296 g/mol. The van der Waals surface area contributed by atoms with Gasteiger partial charge in [0.05, 0.1) is 0 Å². The third kappa shape index (κ3) is 2.27. The first-order valence-corrected chi connectivity index (χ1v) is 8.41. The van der Waals surface area contributed by atoms with Crippen LogP contribution in [-0.4, -0.2) is 35.7 Å². The van der Waals surface area contributed by atoms with Crippen LogP contribution in [0.2, 0.25) is 0 Å². The van der Waals surface area contributed by atoms with E-state index in [9.17, 15) is 4.79 Å². The summed E-state index contributed by atoms with van der Waals surface area (Å²) in [6.45, 7) is 4.73. The van der Waals surface area contributed by atoms with Gasteiger partial charge in [0.1, 0.15) is 5.51 Å². The van der Waals surface area contributed by atoms with E-state index in [1.54, 1.807) is 16.8 Å². The highest BCUT2D eigenvalue weighted by Crippen LogP contribution is 2.43. The minimum absolute atomic E-state index is 0.0620. The average Bonchev–Trinajstić information content (AvgIpc) is 3.20. The van der Waals surface area contributed by atoms with Gasteiger partial charge in [-0.3, -0.25) is 4.79 Å². The molecule has 2 fully saturated rings. The topological polar surface area (TPSA) is 49.3 Å². The maximum atomic E-state index is 12.5. The number of amides is 1. The van der Waals surface area contributed by atoms with Gasteiger partial charge in [0, 0.05) is 37.2 Å². The fourth-order valence-electron chi connectivity index (χ4n) is 3.60. The Hall–Kier alpha value is -1.95. The van der Waals surface area contributed by atoms with Gasteiger partial charge in [-0.2, -0.15) is 0 Å². The van der Waals surface area contributed by atoms with Crippen LogP contribution >= 0.6 is 11.3 Å². The molecule has 1 atom stereocenters. The number of hydrogen-bond donors (Lipinski definition) is 0. The van der Waals surface area contributed by atoms with E-state index in [2.05, 4.69) is 34.2 Å². The Kier molecular flexibility index (Phi) is 3.14. The number of benzene rings is 1. The van der Waals surface area contributed by atoms with Crippen molar-refractivity contribution in [2.24, 2.45) is 5.41 Å². The number of carbonyl (C=O) groups excluding carboxylic acids is 1. The van der Waals surface area contributed by atoms with Gasteiger partial charge in [-0.15, -0.1) is 10.2 Å². The van der Waals surface area contributed by atoms with Crippen molar-refractivity contribution in [3.8, 4) is 0 Å². The summed E-state index contributed by atoms with van der Waals surface area (Å²) in [6, 6.07) is 8.20. The third-order valence-corrected chi connectivity index (χ3v) is 5.44. The number of hydrogen-bond acceptors (Lipinski definition) is 5. The van der Waals surface area contributed by atoms with Crippen LogP contribution in [0.15, 0.2) is 29.8 Å². The van der Waals surface area contributed by atoms with E-state index in [1.807, 2.05) is 17.0 Å². The molecule has 3 heterocycles. The van der Waals surface area contributed by atoms with Gasteiger partial charge in [0.15, 0.2) is 0 Å². The van der Waals surface area contributed by atoms with E-state index in [0.717, 1.165) is 36.9 Å². The highest BCUT2D eigenvalue weighted by Gasteiger charge is 2.48. The molecule has 0 saturated carbocycles. The quantitative estimate of drug-likeness (QED) is 0.854. The smallest absolute Gasteiger partial charge is 0.227 e. The standard InChI is InChI=1S/C16H18N4OS/c1-12-3-2-4-13(7-12)20-10-16(8-14(20)21)5-6-19(9-16)15-18-17-11-22-15/h2-4,7,11H,5-6,8-10H2,1H3/t16-/m0/s1. The van der Waals surface area contributed by atoms with Gasteiger partial charge in [-0.05, 0) is 31.0 Å². The molecule has 5 nitrogen and oxygen atoms in total. The van der Waals surface area contributed by atoms with Crippen molar-refractivity contribution in [1.29, 1.82) is 0 Å². The zero-order valence-corrected chi connectivity index (χ0v) is 13.3. The van der Waals surface area contributed by atoms with Gasteiger partial charge >= 0.3 is 0 Å². The molecule has 1 aromatic carbocycles. The number of aromatic nitrogens is 2. The van der Waals surface area contributed by atoms with Crippen molar-refractivity contribution in [1.82, 2.24) is 10.2 Å². The summed E-state index contributed by atoms with van der Waals surface area (Å²) in [6.07, 6.45) is 1.68. The van der Waals surface area contributed by atoms with Crippen LogP contribution in [0.25, 0.3) is 0 Å². The van der Waals surface area contributed by atoms with E-state index < -0.39 is 0 Å². The van der Waals surface area contributed by atoms with Crippen molar-refractivity contribution in [2.45, 2.75) is 19.8 Å². The summed E-state index contributed by atoms with van der Waals surface area (Å²) in [5, 5.41) is 9.05. The molecule has 2 aromatic rings. The monoisotopic (exact) mass is 314 g/mol. The average molecular weight is 314 g/mol. The van der Waals surface area contributed by atoms with Gasteiger partial charge in [-0.1, -0.05) is 23.5 Å². The number of anilines is 2. The Balaban J connectivity index is 1.55. The van der Waals surface area contributed by atoms with Crippen molar-refractivity contribution in [3.63, 3.8) is 0 Å². The summed E-state index contributed by atoms with van der Waals surface area (Å²) in [4.78, 5) is 16.7. The highest BCUT2D eigenvalue weighted by molar-refractivity contribution is 7.13. The van der Waals surface area contributed by atoms with E-state index in [0.29, 0.717) is 6.42 Å². The first kappa shape index (κ1) is 13.7. The lowest BCUT2D eigenvalue weighted by Gasteiger charge is -2.24. The summed E-state index contributed by atoms with van der Waals surface area (Å²) in [5.74, 6) is 0.240. The number of nitrogens with zero attached hydrogens (tertiary/aromatic N) is 4. The van der Waals surface area contributed by atoms with Gasteiger partial charge in [0.2, 0.25) is 11.0 Å². The number of aryl methyl sites for hydroxylation is 1. The Morgan fingerprint density at radius 3 is 3.00 bits per heavy atom. The molecule has 2 aliphatic heterocycles. The fraction of sp³-hybridized carbons (Fsp3) is 0.438. The molecule has 0 radical (unpaired) electrons. The highest BCUT2D eigenvalue weighted by atomic mass is 32.1. The van der Waals surface area contributed by atoms with E-state index >= 15 is 0 Å². The van der Waals surface area contributed by atoms with Crippen LogP contribution in [0.5, 0.6) is 0 Å². The Morgan fingerprint density at radius 2 is 2.23 bits per heavy atom. The maximum absolute atomic E-state index is 12.5. The van der Waals surface area contributed by atoms with Gasteiger partial charge in [-0.25, -0.2) is 0 Å². The van der Waals surface area contributed by atoms with Crippen molar-refractivity contribution in [3.05, 3.63) is 35.3 Å². The second kappa shape index (κ2) is 5.05. The Bertz CT molecular complexity index is 702. The number of carbonyl (C=O) groups is 1. The predicted octanol–water partition coefficient (Wildman–Crippen LogP) is 2.48. The van der Waals surface area contributed by atoms with Crippen LogP contribution in [0.3, 0.4) is 0 Å². The van der Waals surface area contributed by atoms with Crippen molar-refractivity contribution < 1.29 is 4.79 Å². The summed E-state index contributed by atoms with van der Waals surface area (Å²) in [5.41, 5.74) is 4.04. The normalized spacial score (nSPS) is 24.7. The molecule has 1 aromatic heterocycles. The summed E-state index contributed by atoms with van der Waals surface area (Å²) in [7, 11) is 0. The molecule has 0 N–H and O–H groups in total. The first-order valence-electron chi connectivity index (χ1n) is 7.53. The molecule has 1 amide bonds. The largest absolute Gasteiger partial charge is 0.346 e. The Labute approximate surface area is 133 Å². The van der Waals surface area contributed by atoms with E-state index in [-0.39, 0.29) is 11.3 Å². The molecular formula is C16H18N4OS. The van der Waals surface area contributed by atoms with Crippen LogP contribution in [-0.2, 0) is 4.79 Å². The fourth-order valence-corrected chi connectivity index (χ4v) is 4.19. The molecule has 1 spiro atoms. The molecule has 0 unspecified atom stereocenters. The van der Waals surface area contributed by atoms with Crippen LogP contribution in [0.1, 0.15) is 18.4 Å². The molecule has 22 heavy (non-hydrogen) atoms. The van der Waals surface area contributed by atoms with Gasteiger partial charge in [0.25, 0.3) is 0 Å². The zero-order valence-electron chi connectivity index (χ0n) is 12.5. The second-order valence-corrected chi connectivity index (χ2v) is 7.20. The minimum Gasteiger partial charge on any atom is -0.346 e. The lowest BCUT2D eigenvalue weighted by molar-refractivity contribution is -0.117. The third-order valence-electron chi connectivity index (χ3n) is 4.69. The maximum Gasteiger partial charge on any atom is 0.227 e. The lowest BCUT2D eigenvalue weighted by atomic mass is 9.86. The summed E-state index contributed by atoms with van der Waals surface area (Å²) < 4.78 is 0. The molecule has 2 aliphatic rings. The molecule has 0 aliphatic carbocycles. The van der Waals surface area contributed by atoms with E-state index in [4.69, 9.17) is 0 Å². The number of rotatable bonds is 2. The van der Waals surface area contributed by atoms with Crippen LogP contribution in [0, 0.1) is 12.3 Å². The second-order valence-electron chi connectivity index (χ2n) is 6.39. The van der Waals surface area contributed by atoms with E-state index in [1.165, 1.54) is 5.56 Å². The molecule has 6 heteroatoms. The molecule has 0 bridgehead atoms. The predicted molar refractivity (Wildman–Crippen MR) is 87.3 cm³/mol. The van der Waals surface area contributed by atoms with Crippen molar-refractivity contribution in [2.75, 3.05) is 29.4 Å². The van der Waals surface area contributed by atoms with Gasteiger partial charge < -0.3 is 9.80 Å². The first-order chi connectivity index (χ1) is 10.7. The zero-order chi connectivity index (χ0) is 15.2. The van der Waals surface area contributed by atoms with Crippen LogP contribution in [0.4, 0.5) is 10.8 Å². The SMILES string of the molecule is Cc1cccc(N2C[C@@]3(CCN(c4nncs4)C3)CC2=O)c1.